The molecule has 1 aliphatic rings. The maximum absolute atomic E-state index is 5.59. The van der Waals surface area contributed by atoms with Gasteiger partial charge in [-0.3, -0.25) is 0 Å². The smallest absolute Gasteiger partial charge is 0.226 e. The number of likely N-dealkylation sites (tertiary alicyclic amines) is 1. The van der Waals surface area contributed by atoms with Crippen molar-refractivity contribution in [1.82, 2.24) is 14.9 Å². The molecule has 0 bridgehead atoms. The van der Waals surface area contributed by atoms with Gasteiger partial charge in [-0.15, -0.1) is 0 Å². The van der Waals surface area contributed by atoms with E-state index in [0.29, 0.717) is 18.4 Å². The van der Waals surface area contributed by atoms with Crippen molar-refractivity contribution in [2.24, 2.45) is 5.92 Å². The summed E-state index contributed by atoms with van der Waals surface area (Å²) >= 11 is 0. The molecule has 0 unspecified atom stereocenters. The standard InChI is InChI=1S/C16H28N4O/c1-4-11-21-15-12-13(2)18-16(19-15)17-8-5-14-6-9-20(3)10-7-14/h12,14H,4-11H2,1-3H3,(H,17,18,19). The number of nitrogens with zero attached hydrogens (tertiary/aromatic N) is 3. The molecule has 0 aliphatic carbocycles. The number of ether oxygens (including phenoxy) is 1. The summed E-state index contributed by atoms with van der Waals surface area (Å²) in [6, 6.07) is 1.89. The van der Waals surface area contributed by atoms with E-state index >= 15 is 0 Å². The highest BCUT2D eigenvalue weighted by atomic mass is 16.5. The maximum Gasteiger partial charge on any atom is 0.226 e. The summed E-state index contributed by atoms with van der Waals surface area (Å²) in [4.78, 5) is 11.2. The molecule has 2 heterocycles. The van der Waals surface area contributed by atoms with Crippen molar-refractivity contribution in [2.75, 3.05) is 38.6 Å². The first-order valence-electron chi connectivity index (χ1n) is 8.08. The topological polar surface area (TPSA) is 50.3 Å². The van der Waals surface area contributed by atoms with Gasteiger partial charge < -0.3 is 15.0 Å². The van der Waals surface area contributed by atoms with Crippen molar-refractivity contribution in [1.29, 1.82) is 0 Å². The molecule has 1 aliphatic heterocycles. The number of anilines is 1. The first-order valence-corrected chi connectivity index (χ1v) is 8.08. The molecular formula is C16H28N4O. The SMILES string of the molecule is CCCOc1cc(C)nc(NCCC2CCN(C)CC2)n1. The Labute approximate surface area is 128 Å². The summed E-state index contributed by atoms with van der Waals surface area (Å²) in [7, 11) is 2.20. The molecule has 1 aromatic heterocycles. The third-order valence-corrected chi connectivity index (χ3v) is 3.96. The first kappa shape index (κ1) is 16.0. The van der Waals surface area contributed by atoms with Crippen LogP contribution in [0.3, 0.4) is 0 Å². The third-order valence-electron chi connectivity index (χ3n) is 3.96. The first-order chi connectivity index (χ1) is 10.2. The summed E-state index contributed by atoms with van der Waals surface area (Å²) in [5.74, 6) is 2.19. The van der Waals surface area contributed by atoms with E-state index in [2.05, 4.69) is 34.2 Å². The van der Waals surface area contributed by atoms with Crippen LogP contribution in [0.1, 0.15) is 38.3 Å². The van der Waals surface area contributed by atoms with Crippen LogP contribution in [0.5, 0.6) is 5.88 Å². The van der Waals surface area contributed by atoms with E-state index in [-0.39, 0.29) is 0 Å². The molecule has 5 heteroatoms. The quantitative estimate of drug-likeness (QED) is 0.837. The van der Waals surface area contributed by atoms with E-state index in [0.717, 1.165) is 24.6 Å². The lowest BCUT2D eigenvalue weighted by Gasteiger charge is -2.28. The number of piperidine rings is 1. The molecule has 0 spiro atoms. The van der Waals surface area contributed by atoms with Gasteiger partial charge in [-0.05, 0) is 58.7 Å². The van der Waals surface area contributed by atoms with Crippen molar-refractivity contribution in [3.05, 3.63) is 11.8 Å². The largest absolute Gasteiger partial charge is 0.478 e. The number of aryl methyl sites for hydroxylation is 1. The molecule has 1 saturated heterocycles. The van der Waals surface area contributed by atoms with Gasteiger partial charge in [-0.2, -0.15) is 4.98 Å². The van der Waals surface area contributed by atoms with Crippen molar-refractivity contribution in [3.63, 3.8) is 0 Å². The average molecular weight is 292 g/mol. The molecule has 0 atom stereocenters. The van der Waals surface area contributed by atoms with Gasteiger partial charge in [0.05, 0.1) is 6.61 Å². The Bertz CT molecular complexity index is 430. The third kappa shape index (κ3) is 5.50. The van der Waals surface area contributed by atoms with Crippen LogP contribution in [0.15, 0.2) is 6.07 Å². The zero-order chi connectivity index (χ0) is 15.1. The minimum Gasteiger partial charge on any atom is -0.478 e. The fourth-order valence-corrected chi connectivity index (χ4v) is 2.64. The van der Waals surface area contributed by atoms with Gasteiger partial charge in [0, 0.05) is 18.3 Å². The molecule has 1 fully saturated rings. The average Bonchev–Trinajstić information content (AvgIpc) is 2.47. The predicted octanol–water partition coefficient (Wildman–Crippen LogP) is 2.72. The summed E-state index contributed by atoms with van der Waals surface area (Å²) < 4.78 is 5.59. The van der Waals surface area contributed by atoms with Crippen LogP contribution >= 0.6 is 0 Å². The van der Waals surface area contributed by atoms with E-state index in [1.54, 1.807) is 0 Å². The number of nitrogens with one attached hydrogen (secondary N) is 1. The summed E-state index contributed by atoms with van der Waals surface area (Å²) in [6.07, 6.45) is 4.79. The highest BCUT2D eigenvalue weighted by molar-refractivity contribution is 5.30. The lowest BCUT2D eigenvalue weighted by Crippen LogP contribution is -2.30. The van der Waals surface area contributed by atoms with Crippen LogP contribution in [-0.4, -0.2) is 48.2 Å². The Morgan fingerprint density at radius 2 is 2.10 bits per heavy atom. The minimum atomic E-state index is 0.672. The predicted molar refractivity (Wildman–Crippen MR) is 85.9 cm³/mol. The Balaban J connectivity index is 1.78. The Hall–Kier alpha value is -1.36. The number of rotatable bonds is 7. The van der Waals surface area contributed by atoms with E-state index in [1.807, 2.05) is 13.0 Å². The lowest BCUT2D eigenvalue weighted by molar-refractivity contribution is 0.215. The molecule has 0 aromatic carbocycles. The molecule has 2 rings (SSSR count). The Kier molecular flexibility index (Phi) is 6.23. The van der Waals surface area contributed by atoms with Crippen LogP contribution in [0.4, 0.5) is 5.95 Å². The number of hydrogen-bond acceptors (Lipinski definition) is 5. The second-order valence-electron chi connectivity index (χ2n) is 5.98. The van der Waals surface area contributed by atoms with Crippen LogP contribution in [0.25, 0.3) is 0 Å². The van der Waals surface area contributed by atoms with E-state index in [9.17, 15) is 0 Å². The number of aromatic nitrogens is 2. The van der Waals surface area contributed by atoms with Crippen molar-refractivity contribution >= 4 is 5.95 Å². The molecule has 118 valence electrons. The van der Waals surface area contributed by atoms with Gasteiger partial charge >= 0.3 is 0 Å². The lowest BCUT2D eigenvalue weighted by atomic mass is 9.94. The van der Waals surface area contributed by atoms with Gasteiger partial charge in [0.15, 0.2) is 0 Å². The molecule has 1 N–H and O–H groups in total. The zero-order valence-electron chi connectivity index (χ0n) is 13.6. The highest BCUT2D eigenvalue weighted by Crippen LogP contribution is 2.19. The van der Waals surface area contributed by atoms with E-state index in [1.165, 1.54) is 32.4 Å². The number of hydrogen-bond donors (Lipinski definition) is 1. The maximum atomic E-state index is 5.59. The van der Waals surface area contributed by atoms with Gasteiger partial charge in [0.1, 0.15) is 0 Å². The van der Waals surface area contributed by atoms with Crippen LogP contribution in [0, 0.1) is 12.8 Å². The van der Waals surface area contributed by atoms with Gasteiger partial charge in [-0.1, -0.05) is 6.92 Å². The van der Waals surface area contributed by atoms with E-state index < -0.39 is 0 Å². The second-order valence-corrected chi connectivity index (χ2v) is 5.98. The van der Waals surface area contributed by atoms with Gasteiger partial charge in [0.25, 0.3) is 0 Å². The fraction of sp³-hybridized carbons (Fsp3) is 0.750. The Morgan fingerprint density at radius 1 is 1.33 bits per heavy atom. The van der Waals surface area contributed by atoms with Crippen molar-refractivity contribution < 1.29 is 4.74 Å². The molecule has 0 radical (unpaired) electrons. The minimum absolute atomic E-state index is 0.672. The van der Waals surface area contributed by atoms with Crippen LogP contribution in [0.2, 0.25) is 0 Å². The molecule has 1 aromatic rings. The van der Waals surface area contributed by atoms with Crippen molar-refractivity contribution in [3.8, 4) is 5.88 Å². The fourth-order valence-electron chi connectivity index (χ4n) is 2.64. The van der Waals surface area contributed by atoms with Crippen molar-refractivity contribution in [2.45, 2.75) is 39.5 Å². The molecule has 0 amide bonds. The van der Waals surface area contributed by atoms with Crippen LogP contribution in [-0.2, 0) is 0 Å². The Morgan fingerprint density at radius 3 is 2.81 bits per heavy atom. The zero-order valence-corrected chi connectivity index (χ0v) is 13.6. The highest BCUT2D eigenvalue weighted by Gasteiger charge is 2.16. The summed E-state index contributed by atoms with van der Waals surface area (Å²) in [5, 5.41) is 3.34. The second kappa shape index (κ2) is 8.17. The molecule has 5 nitrogen and oxygen atoms in total. The summed E-state index contributed by atoms with van der Waals surface area (Å²) in [5.41, 5.74) is 0.942. The molecular weight excluding hydrogens is 264 g/mol. The van der Waals surface area contributed by atoms with Crippen LogP contribution < -0.4 is 10.1 Å². The van der Waals surface area contributed by atoms with Gasteiger partial charge in [0.2, 0.25) is 11.8 Å². The molecule has 21 heavy (non-hydrogen) atoms. The normalized spacial score (nSPS) is 16.9. The summed E-state index contributed by atoms with van der Waals surface area (Å²) in [6.45, 7) is 8.15. The van der Waals surface area contributed by atoms with E-state index in [4.69, 9.17) is 4.74 Å². The monoisotopic (exact) mass is 292 g/mol. The van der Waals surface area contributed by atoms with Gasteiger partial charge in [-0.25, -0.2) is 4.98 Å². The molecule has 0 saturated carbocycles.